The number of methoxy groups -OCH3 is 2. The Hall–Kier alpha value is -2.36. The van der Waals surface area contributed by atoms with Gasteiger partial charge < -0.3 is 19.3 Å². The molecule has 1 aliphatic heterocycles. The van der Waals surface area contributed by atoms with Crippen molar-refractivity contribution >= 4 is 11.4 Å². The van der Waals surface area contributed by atoms with Crippen LogP contribution in [0.5, 0.6) is 11.5 Å². The number of ether oxygens (including phenoxy) is 2. The summed E-state index contributed by atoms with van der Waals surface area (Å²) >= 11 is 0. The van der Waals surface area contributed by atoms with Crippen LogP contribution >= 0.6 is 0 Å². The van der Waals surface area contributed by atoms with Crippen LogP contribution in [0.1, 0.15) is 44.1 Å². The molecule has 2 aliphatic rings. The van der Waals surface area contributed by atoms with Gasteiger partial charge in [0.1, 0.15) is 0 Å². The van der Waals surface area contributed by atoms with Gasteiger partial charge in [0, 0.05) is 43.6 Å². The van der Waals surface area contributed by atoms with Crippen molar-refractivity contribution in [3.8, 4) is 11.5 Å². The van der Waals surface area contributed by atoms with E-state index in [1.54, 1.807) is 14.2 Å². The fourth-order valence-electron chi connectivity index (χ4n) is 4.96. The van der Waals surface area contributed by atoms with Crippen LogP contribution in [0.15, 0.2) is 42.5 Å². The number of piperazine rings is 1. The molecule has 4 heteroatoms. The second-order valence-electron chi connectivity index (χ2n) is 8.72. The molecular formula is C26H36N2O2. The van der Waals surface area contributed by atoms with Crippen LogP contribution in [0.25, 0.3) is 0 Å². The Morgan fingerprint density at radius 3 is 1.97 bits per heavy atom. The highest BCUT2D eigenvalue weighted by Gasteiger charge is 2.19. The molecule has 0 aromatic heterocycles. The number of anilines is 2. The Morgan fingerprint density at radius 2 is 1.33 bits per heavy atom. The number of benzene rings is 2. The molecule has 1 aliphatic carbocycles. The second-order valence-corrected chi connectivity index (χ2v) is 8.72. The first-order valence-corrected chi connectivity index (χ1v) is 11.6. The van der Waals surface area contributed by atoms with Crippen LogP contribution in [-0.2, 0) is 6.42 Å². The van der Waals surface area contributed by atoms with Crippen molar-refractivity contribution in [3.05, 3.63) is 48.0 Å². The Labute approximate surface area is 181 Å². The molecule has 2 aromatic carbocycles. The highest BCUT2D eigenvalue weighted by Crippen LogP contribution is 2.32. The molecule has 4 rings (SSSR count). The quantitative estimate of drug-likeness (QED) is 0.600. The monoisotopic (exact) mass is 408 g/mol. The van der Waals surface area contributed by atoms with E-state index in [9.17, 15) is 0 Å². The van der Waals surface area contributed by atoms with Gasteiger partial charge in [0.25, 0.3) is 0 Å². The van der Waals surface area contributed by atoms with E-state index in [-0.39, 0.29) is 0 Å². The smallest absolute Gasteiger partial charge is 0.162 e. The molecule has 162 valence electrons. The van der Waals surface area contributed by atoms with E-state index in [1.165, 1.54) is 61.9 Å². The average Bonchev–Trinajstić information content (AvgIpc) is 2.83. The predicted octanol–water partition coefficient (Wildman–Crippen LogP) is 5.54. The van der Waals surface area contributed by atoms with Crippen molar-refractivity contribution < 1.29 is 9.47 Å². The standard InChI is InChI=1S/C26H36N2O2/c1-29-25-15-14-24(20-26(25)30-2)28-18-16-27(17-19-28)23-12-10-22(11-13-23)9-8-21-6-4-3-5-7-21/h10-15,20-21H,3-9,16-19H2,1-2H3. The zero-order valence-corrected chi connectivity index (χ0v) is 18.6. The van der Waals surface area contributed by atoms with Crippen LogP contribution in [0.2, 0.25) is 0 Å². The molecule has 2 aromatic rings. The molecule has 1 saturated carbocycles. The zero-order valence-electron chi connectivity index (χ0n) is 18.6. The summed E-state index contributed by atoms with van der Waals surface area (Å²) in [4.78, 5) is 4.93. The zero-order chi connectivity index (χ0) is 20.8. The molecule has 4 nitrogen and oxygen atoms in total. The van der Waals surface area contributed by atoms with E-state index in [0.717, 1.165) is 43.6 Å². The largest absolute Gasteiger partial charge is 0.493 e. The summed E-state index contributed by atoms with van der Waals surface area (Å²) in [6.45, 7) is 4.10. The number of nitrogens with zero attached hydrogens (tertiary/aromatic N) is 2. The minimum Gasteiger partial charge on any atom is -0.493 e. The highest BCUT2D eigenvalue weighted by molar-refractivity contribution is 5.58. The third kappa shape index (κ3) is 5.03. The van der Waals surface area contributed by atoms with E-state index in [2.05, 4.69) is 46.2 Å². The SMILES string of the molecule is COc1ccc(N2CCN(c3ccc(CCC4CCCCC4)cc3)CC2)cc1OC. The summed E-state index contributed by atoms with van der Waals surface area (Å²) in [6, 6.07) is 15.5. The maximum absolute atomic E-state index is 5.47. The Bertz CT molecular complexity index is 791. The second kappa shape index (κ2) is 10.1. The first-order valence-electron chi connectivity index (χ1n) is 11.6. The highest BCUT2D eigenvalue weighted by atomic mass is 16.5. The molecule has 2 fully saturated rings. The van der Waals surface area contributed by atoms with Crippen LogP contribution < -0.4 is 19.3 Å². The Kier molecular flexibility index (Phi) is 7.03. The summed E-state index contributed by atoms with van der Waals surface area (Å²) < 4.78 is 10.8. The van der Waals surface area contributed by atoms with Gasteiger partial charge in [-0.2, -0.15) is 0 Å². The first-order chi connectivity index (χ1) is 14.8. The topological polar surface area (TPSA) is 24.9 Å². The van der Waals surface area contributed by atoms with Gasteiger partial charge in [-0.25, -0.2) is 0 Å². The van der Waals surface area contributed by atoms with Gasteiger partial charge in [-0.1, -0.05) is 44.2 Å². The summed E-state index contributed by atoms with van der Waals surface area (Å²) in [7, 11) is 3.37. The van der Waals surface area contributed by atoms with Gasteiger partial charge in [-0.05, 0) is 48.6 Å². The van der Waals surface area contributed by atoms with E-state index in [4.69, 9.17) is 9.47 Å². The minimum atomic E-state index is 0.781. The van der Waals surface area contributed by atoms with Crippen molar-refractivity contribution in [1.82, 2.24) is 0 Å². The molecule has 0 N–H and O–H groups in total. The lowest BCUT2D eigenvalue weighted by atomic mass is 9.85. The van der Waals surface area contributed by atoms with E-state index < -0.39 is 0 Å². The van der Waals surface area contributed by atoms with Gasteiger partial charge in [0.05, 0.1) is 14.2 Å². The lowest BCUT2D eigenvalue weighted by molar-refractivity contribution is 0.339. The van der Waals surface area contributed by atoms with Crippen LogP contribution in [-0.4, -0.2) is 40.4 Å². The van der Waals surface area contributed by atoms with Crippen molar-refractivity contribution in [2.45, 2.75) is 44.9 Å². The van der Waals surface area contributed by atoms with Crippen LogP contribution in [0, 0.1) is 5.92 Å². The number of hydrogen-bond acceptors (Lipinski definition) is 4. The van der Waals surface area contributed by atoms with E-state index in [1.807, 2.05) is 6.07 Å². The number of aryl methyl sites for hydroxylation is 1. The average molecular weight is 409 g/mol. The maximum atomic E-state index is 5.47. The Balaban J connectivity index is 1.29. The first kappa shape index (κ1) is 20.9. The number of hydrogen-bond donors (Lipinski definition) is 0. The Morgan fingerprint density at radius 1 is 0.733 bits per heavy atom. The third-order valence-corrected chi connectivity index (χ3v) is 6.88. The molecule has 30 heavy (non-hydrogen) atoms. The number of rotatable bonds is 7. The van der Waals surface area contributed by atoms with Gasteiger partial charge in [-0.3, -0.25) is 0 Å². The molecule has 0 radical (unpaired) electrons. The summed E-state index contributed by atoms with van der Waals surface area (Å²) in [5.74, 6) is 2.53. The lowest BCUT2D eigenvalue weighted by Gasteiger charge is -2.37. The molecular weight excluding hydrogens is 372 g/mol. The lowest BCUT2D eigenvalue weighted by Crippen LogP contribution is -2.46. The van der Waals surface area contributed by atoms with Crippen LogP contribution in [0.3, 0.4) is 0 Å². The van der Waals surface area contributed by atoms with Crippen LogP contribution in [0.4, 0.5) is 11.4 Å². The maximum Gasteiger partial charge on any atom is 0.162 e. The molecule has 0 bridgehead atoms. The molecule has 0 spiro atoms. The minimum absolute atomic E-state index is 0.781. The van der Waals surface area contributed by atoms with Gasteiger partial charge in [0.2, 0.25) is 0 Å². The van der Waals surface area contributed by atoms with Gasteiger partial charge in [-0.15, -0.1) is 0 Å². The summed E-state index contributed by atoms with van der Waals surface area (Å²) in [5, 5.41) is 0. The molecule has 0 atom stereocenters. The van der Waals surface area contributed by atoms with E-state index in [0.29, 0.717) is 0 Å². The summed E-state index contributed by atoms with van der Waals surface area (Å²) in [5.41, 5.74) is 4.04. The van der Waals surface area contributed by atoms with Crippen molar-refractivity contribution in [1.29, 1.82) is 0 Å². The van der Waals surface area contributed by atoms with Crippen molar-refractivity contribution in [2.75, 3.05) is 50.2 Å². The van der Waals surface area contributed by atoms with Gasteiger partial charge >= 0.3 is 0 Å². The summed E-state index contributed by atoms with van der Waals surface area (Å²) in [6.07, 6.45) is 9.83. The fraction of sp³-hybridized carbons (Fsp3) is 0.538. The molecule has 1 heterocycles. The predicted molar refractivity (Wildman–Crippen MR) is 125 cm³/mol. The van der Waals surface area contributed by atoms with Crippen molar-refractivity contribution in [2.24, 2.45) is 5.92 Å². The van der Waals surface area contributed by atoms with Gasteiger partial charge in [0.15, 0.2) is 11.5 Å². The van der Waals surface area contributed by atoms with E-state index >= 15 is 0 Å². The van der Waals surface area contributed by atoms with Crippen molar-refractivity contribution in [3.63, 3.8) is 0 Å². The fourth-order valence-corrected chi connectivity index (χ4v) is 4.96. The molecule has 0 unspecified atom stereocenters. The molecule has 0 amide bonds. The molecule has 1 saturated heterocycles. The third-order valence-electron chi connectivity index (χ3n) is 6.88. The normalized spacial score (nSPS) is 17.8.